The van der Waals surface area contributed by atoms with Crippen LogP contribution in [0.2, 0.25) is 0 Å². The Balaban J connectivity index is 2.37. The Morgan fingerprint density at radius 2 is 1.93 bits per heavy atom. The molecule has 1 aromatic carbocycles. The van der Waals surface area contributed by atoms with Gasteiger partial charge in [-0.1, -0.05) is 24.3 Å². The van der Waals surface area contributed by atoms with Gasteiger partial charge in [0.05, 0.1) is 6.61 Å². The molecule has 1 heterocycles. The Labute approximate surface area is 86.2 Å². The highest BCUT2D eigenvalue weighted by Gasteiger charge is 1.97. The number of aliphatic hydroxyl groups excluding tert-OH is 1. The number of hydrogen-bond acceptors (Lipinski definition) is 3. The molecule has 0 saturated heterocycles. The van der Waals surface area contributed by atoms with Gasteiger partial charge in [0.25, 0.3) is 0 Å². The lowest BCUT2D eigenvalue weighted by Crippen LogP contribution is -2.07. The summed E-state index contributed by atoms with van der Waals surface area (Å²) >= 11 is 0. The van der Waals surface area contributed by atoms with Crippen LogP contribution in [0.25, 0.3) is 11.1 Å². The molecule has 0 aliphatic heterocycles. The average molecular weight is 202 g/mol. The fourth-order valence-electron chi connectivity index (χ4n) is 1.30. The van der Waals surface area contributed by atoms with Crippen LogP contribution in [0.1, 0.15) is 5.56 Å². The minimum Gasteiger partial charge on any atom is -0.392 e. The molecule has 0 aliphatic carbocycles. The van der Waals surface area contributed by atoms with Crippen LogP contribution in [0.5, 0.6) is 0 Å². The maximum absolute atomic E-state index is 10.8. The molecule has 0 atom stereocenters. The summed E-state index contributed by atoms with van der Waals surface area (Å²) in [6, 6.07) is 7.42. The van der Waals surface area contributed by atoms with E-state index in [2.05, 4.69) is 9.97 Å². The summed E-state index contributed by atoms with van der Waals surface area (Å²) in [5.41, 5.74) is 2.30. The quantitative estimate of drug-likeness (QED) is 0.761. The van der Waals surface area contributed by atoms with Crippen LogP contribution in [0.15, 0.2) is 41.5 Å². The predicted molar refractivity (Wildman–Crippen MR) is 56.2 cm³/mol. The Hall–Kier alpha value is -1.94. The first-order valence-corrected chi connectivity index (χ1v) is 4.54. The summed E-state index contributed by atoms with van der Waals surface area (Å²) in [5, 5.41) is 8.88. The fourth-order valence-corrected chi connectivity index (χ4v) is 1.30. The third kappa shape index (κ3) is 2.11. The lowest BCUT2D eigenvalue weighted by molar-refractivity contribution is 0.282. The number of aromatic nitrogens is 2. The van der Waals surface area contributed by atoms with Gasteiger partial charge >= 0.3 is 5.69 Å². The first-order valence-electron chi connectivity index (χ1n) is 4.54. The number of aromatic amines is 1. The molecule has 0 aliphatic rings. The minimum atomic E-state index is -0.356. The van der Waals surface area contributed by atoms with E-state index in [1.54, 1.807) is 6.20 Å². The molecule has 4 nitrogen and oxygen atoms in total. The zero-order valence-electron chi connectivity index (χ0n) is 7.97. The van der Waals surface area contributed by atoms with E-state index in [1.807, 2.05) is 24.3 Å². The lowest BCUT2D eigenvalue weighted by atomic mass is 10.1. The minimum absolute atomic E-state index is 0.0319. The van der Waals surface area contributed by atoms with Gasteiger partial charge in [0.15, 0.2) is 0 Å². The average Bonchev–Trinajstić information content (AvgIpc) is 2.30. The van der Waals surface area contributed by atoms with Crippen LogP contribution in [0.3, 0.4) is 0 Å². The van der Waals surface area contributed by atoms with E-state index < -0.39 is 0 Å². The van der Waals surface area contributed by atoms with Gasteiger partial charge in [0.2, 0.25) is 0 Å². The number of hydrogen-bond donors (Lipinski definition) is 2. The molecule has 15 heavy (non-hydrogen) atoms. The highest BCUT2D eigenvalue weighted by atomic mass is 16.3. The zero-order valence-corrected chi connectivity index (χ0v) is 7.97. The maximum Gasteiger partial charge on any atom is 0.344 e. The fraction of sp³-hybridized carbons (Fsp3) is 0.0909. The van der Waals surface area contributed by atoms with Crippen molar-refractivity contribution in [3.8, 4) is 11.1 Å². The third-order valence-electron chi connectivity index (χ3n) is 2.14. The summed E-state index contributed by atoms with van der Waals surface area (Å²) in [5.74, 6) is 0. The third-order valence-corrected chi connectivity index (χ3v) is 2.14. The van der Waals surface area contributed by atoms with Crippen molar-refractivity contribution in [3.63, 3.8) is 0 Å². The molecule has 0 fully saturated rings. The number of H-pyrrole nitrogens is 1. The van der Waals surface area contributed by atoms with Gasteiger partial charge in [-0.2, -0.15) is 0 Å². The first-order chi connectivity index (χ1) is 7.29. The van der Waals surface area contributed by atoms with Crippen molar-refractivity contribution < 1.29 is 5.11 Å². The molecule has 2 aromatic rings. The predicted octanol–water partition coefficient (Wildman–Crippen LogP) is 0.929. The van der Waals surface area contributed by atoms with Gasteiger partial charge in [0.1, 0.15) is 0 Å². The van der Waals surface area contributed by atoms with Crippen molar-refractivity contribution in [1.29, 1.82) is 0 Å². The van der Waals surface area contributed by atoms with Crippen molar-refractivity contribution in [1.82, 2.24) is 9.97 Å². The molecule has 2 N–H and O–H groups in total. The normalized spacial score (nSPS) is 10.2. The van der Waals surface area contributed by atoms with Crippen molar-refractivity contribution in [3.05, 3.63) is 52.7 Å². The van der Waals surface area contributed by atoms with E-state index in [9.17, 15) is 4.79 Å². The standard InChI is InChI=1S/C11H10N2O2/c14-7-8-1-3-9(4-2-8)10-5-12-11(15)13-6-10/h1-6,14H,7H2,(H,12,13,15). The van der Waals surface area contributed by atoms with Crippen LogP contribution in [0, 0.1) is 0 Å². The van der Waals surface area contributed by atoms with Crippen LogP contribution in [-0.4, -0.2) is 15.1 Å². The van der Waals surface area contributed by atoms with Gasteiger partial charge in [-0.05, 0) is 11.1 Å². The summed E-state index contributed by atoms with van der Waals surface area (Å²) in [4.78, 5) is 16.9. The Bertz CT molecular complexity index is 482. The molecule has 4 heteroatoms. The van der Waals surface area contributed by atoms with Gasteiger partial charge in [-0.15, -0.1) is 0 Å². The van der Waals surface area contributed by atoms with Crippen molar-refractivity contribution in [2.45, 2.75) is 6.61 Å². The molecule has 0 radical (unpaired) electrons. The molecule has 2 rings (SSSR count). The van der Waals surface area contributed by atoms with Gasteiger partial charge in [0, 0.05) is 18.0 Å². The number of rotatable bonds is 2. The molecule has 76 valence electrons. The van der Waals surface area contributed by atoms with E-state index in [1.165, 1.54) is 6.20 Å². The van der Waals surface area contributed by atoms with Gasteiger partial charge in [-0.25, -0.2) is 9.78 Å². The molecule has 0 saturated carbocycles. The number of nitrogens with one attached hydrogen (secondary N) is 1. The summed E-state index contributed by atoms with van der Waals surface area (Å²) in [7, 11) is 0. The highest BCUT2D eigenvalue weighted by molar-refractivity contribution is 5.61. The summed E-state index contributed by atoms with van der Waals surface area (Å²) in [6.07, 6.45) is 3.13. The topological polar surface area (TPSA) is 66.0 Å². The Kier molecular flexibility index (Phi) is 2.60. The summed E-state index contributed by atoms with van der Waals surface area (Å²) in [6.45, 7) is 0.0319. The smallest absolute Gasteiger partial charge is 0.344 e. The van der Waals surface area contributed by atoms with E-state index in [-0.39, 0.29) is 12.3 Å². The van der Waals surface area contributed by atoms with E-state index >= 15 is 0 Å². The SMILES string of the molecule is O=c1ncc(-c2ccc(CO)cc2)c[nH]1. The van der Waals surface area contributed by atoms with Crippen LogP contribution >= 0.6 is 0 Å². The molecule has 0 amide bonds. The Morgan fingerprint density at radius 3 is 2.47 bits per heavy atom. The second-order valence-corrected chi connectivity index (χ2v) is 3.16. The molecular weight excluding hydrogens is 192 g/mol. The molecule has 0 bridgehead atoms. The number of benzene rings is 1. The van der Waals surface area contributed by atoms with Crippen molar-refractivity contribution >= 4 is 0 Å². The maximum atomic E-state index is 10.8. The largest absolute Gasteiger partial charge is 0.392 e. The highest BCUT2D eigenvalue weighted by Crippen LogP contribution is 2.16. The monoisotopic (exact) mass is 202 g/mol. The van der Waals surface area contributed by atoms with E-state index in [0.717, 1.165) is 16.7 Å². The van der Waals surface area contributed by atoms with Crippen LogP contribution in [-0.2, 0) is 6.61 Å². The van der Waals surface area contributed by atoms with E-state index in [0.29, 0.717) is 0 Å². The molecule has 0 spiro atoms. The van der Waals surface area contributed by atoms with Crippen LogP contribution in [0.4, 0.5) is 0 Å². The van der Waals surface area contributed by atoms with E-state index in [4.69, 9.17) is 5.11 Å². The Morgan fingerprint density at radius 1 is 1.20 bits per heavy atom. The lowest BCUT2D eigenvalue weighted by Gasteiger charge is -2.01. The second-order valence-electron chi connectivity index (χ2n) is 3.16. The number of nitrogens with zero attached hydrogens (tertiary/aromatic N) is 1. The van der Waals surface area contributed by atoms with Crippen molar-refractivity contribution in [2.75, 3.05) is 0 Å². The summed E-state index contributed by atoms with van der Waals surface area (Å²) < 4.78 is 0. The molecule has 0 unspecified atom stereocenters. The first kappa shape index (κ1) is 9.61. The second kappa shape index (κ2) is 4.06. The van der Waals surface area contributed by atoms with Crippen molar-refractivity contribution in [2.24, 2.45) is 0 Å². The van der Waals surface area contributed by atoms with Gasteiger partial charge in [-0.3, -0.25) is 0 Å². The molecular formula is C11H10N2O2. The number of aliphatic hydroxyl groups is 1. The van der Waals surface area contributed by atoms with Crippen LogP contribution < -0.4 is 5.69 Å². The van der Waals surface area contributed by atoms with Gasteiger partial charge < -0.3 is 10.1 Å². The molecule has 1 aromatic heterocycles. The zero-order chi connectivity index (χ0) is 10.7.